The number of nitrogens with zero attached hydrogens (tertiary/aromatic N) is 4. The molecule has 148 valence electrons. The monoisotopic (exact) mass is 397 g/mol. The van der Waals surface area contributed by atoms with Gasteiger partial charge in [0.25, 0.3) is 0 Å². The number of hydrogen-bond acceptors (Lipinski definition) is 8. The zero-order chi connectivity index (χ0) is 20.6. The average molecular weight is 397 g/mol. The second kappa shape index (κ2) is 9.16. The van der Waals surface area contributed by atoms with Crippen LogP contribution in [0.3, 0.4) is 0 Å². The minimum atomic E-state index is 0.169. The lowest BCUT2D eigenvalue weighted by molar-refractivity contribution is 0.475. The van der Waals surface area contributed by atoms with Crippen LogP contribution in [0.2, 0.25) is 0 Å². The van der Waals surface area contributed by atoms with E-state index in [-0.39, 0.29) is 11.7 Å². The molecule has 30 heavy (non-hydrogen) atoms. The van der Waals surface area contributed by atoms with Gasteiger partial charge in [-0.15, -0.1) is 0 Å². The van der Waals surface area contributed by atoms with Crippen LogP contribution in [0, 0.1) is 0 Å². The molecule has 0 unspecified atom stereocenters. The molecule has 4 aromatic rings. The van der Waals surface area contributed by atoms with E-state index < -0.39 is 0 Å². The predicted octanol–water partition coefficient (Wildman–Crippen LogP) is 4.51. The van der Waals surface area contributed by atoms with Crippen molar-refractivity contribution in [3.8, 4) is 5.75 Å². The van der Waals surface area contributed by atoms with E-state index in [1.807, 2.05) is 66.7 Å². The smallest absolute Gasteiger partial charge is 0.250 e. The molecule has 4 rings (SSSR count). The molecular formula is C22H19N7O. The Labute approximate surface area is 173 Å². The van der Waals surface area contributed by atoms with Gasteiger partial charge in [0.15, 0.2) is 0 Å². The van der Waals surface area contributed by atoms with Gasteiger partial charge in [-0.3, -0.25) is 0 Å². The Morgan fingerprint density at radius 1 is 0.667 bits per heavy atom. The van der Waals surface area contributed by atoms with Crippen molar-refractivity contribution in [2.75, 3.05) is 16.1 Å². The highest BCUT2D eigenvalue weighted by Crippen LogP contribution is 2.18. The van der Waals surface area contributed by atoms with Crippen LogP contribution in [0.4, 0.5) is 29.2 Å². The highest BCUT2D eigenvalue weighted by molar-refractivity contribution is 5.80. The fraction of sp³-hybridized carbons (Fsp3) is 0. The van der Waals surface area contributed by atoms with Gasteiger partial charge in [-0.25, -0.2) is 5.43 Å². The minimum Gasteiger partial charge on any atom is -0.508 e. The number of phenols is 1. The quantitative estimate of drug-likeness (QED) is 0.268. The Kier molecular flexibility index (Phi) is 5.76. The number of para-hydroxylation sites is 2. The van der Waals surface area contributed by atoms with Gasteiger partial charge in [-0.05, 0) is 42.0 Å². The molecule has 0 fully saturated rings. The van der Waals surface area contributed by atoms with Crippen LogP contribution in [0.5, 0.6) is 5.75 Å². The fourth-order valence-electron chi connectivity index (χ4n) is 2.61. The van der Waals surface area contributed by atoms with Crippen LogP contribution >= 0.6 is 0 Å². The maximum Gasteiger partial charge on any atom is 0.250 e. The summed E-state index contributed by atoms with van der Waals surface area (Å²) in [6.45, 7) is 0. The van der Waals surface area contributed by atoms with Gasteiger partial charge in [0.1, 0.15) is 5.75 Å². The molecule has 0 aliphatic carbocycles. The number of hydrogen-bond donors (Lipinski definition) is 4. The van der Waals surface area contributed by atoms with Crippen molar-refractivity contribution in [2.24, 2.45) is 5.10 Å². The van der Waals surface area contributed by atoms with E-state index in [4.69, 9.17) is 0 Å². The zero-order valence-corrected chi connectivity index (χ0v) is 15.9. The van der Waals surface area contributed by atoms with Gasteiger partial charge in [0, 0.05) is 11.4 Å². The summed E-state index contributed by atoms with van der Waals surface area (Å²) in [5.74, 6) is 1.16. The molecule has 0 saturated carbocycles. The number of hydrazone groups is 1. The molecule has 0 bridgehead atoms. The molecule has 0 radical (unpaired) electrons. The number of anilines is 5. The summed E-state index contributed by atoms with van der Waals surface area (Å²) < 4.78 is 0. The first kappa shape index (κ1) is 18.9. The molecule has 0 spiro atoms. The highest BCUT2D eigenvalue weighted by atomic mass is 16.3. The summed E-state index contributed by atoms with van der Waals surface area (Å²) in [6.07, 6.45) is 1.57. The van der Waals surface area contributed by atoms with Crippen LogP contribution in [0.1, 0.15) is 5.56 Å². The molecule has 0 saturated heterocycles. The van der Waals surface area contributed by atoms with E-state index in [0.29, 0.717) is 11.9 Å². The van der Waals surface area contributed by atoms with E-state index in [2.05, 4.69) is 36.1 Å². The Hall–Kier alpha value is -4.46. The summed E-state index contributed by atoms with van der Waals surface area (Å²) in [4.78, 5) is 13.2. The molecule has 3 aromatic carbocycles. The normalized spacial score (nSPS) is 10.7. The number of aromatic nitrogens is 3. The number of rotatable bonds is 7. The molecule has 8 heteroatoms. The maximum atomic E-state index is 9.55. The first-order valence-electron chi connectivity index (χ1n) is 9.23. The van der Waals surface area contributed by atoms with Crippen LogP contribution in [0.15, 0.2) is 90.0 Å². The number of phenolic OH excluding ortho intramolecular Hbond substituents is 1. The third-order valence-electron chi connectivity index (χ3n) is 3.94. The van der Waals surface area contributed by atoms with Gasteiger partial charge in [0.2, 0.25) is 17.8 Å². The Morgan fingerprint density at radius 2 is 1.23 bits per heavy atom. The molecular weight excluding hydrogens is 378 g/mol. The van der Waals surface area contributed by atoms with Gasteiger partial charge in [-0.2, -0.15) is 20.1 Å². The lowest BCUT2D eigenvalue weighted by Crippen LogP contribution is -2.07. The summed E-state index contributed by atoms with van der Waals surface area (Å²) in [6, 6.07) is 26.0. The summed E-state index contributed by atoms with van der Waals surface area (Å²) >= 11 is 0. The molecule has 0 atom stereocenters. The summed E-state index contributed by atoms with van der Waals surface area (Å²) in [7, 11) is 0. The van der Waals surface area contributed by atoms with Crippen LogP contribution in [-0.2, 0) is 0 Å². The zero-order valence-electron chi connectivity index (χ0n) is 15.9. The van der Waals surface area contributed by atoms with Gasteiger partial charge in [0.05, 0.1) is 6.21 Å². The first-order chi connectivity index (χ1) is 14.7. The predicted molar refractivity (Wildman–Crippen MR) is 119 cm³/mol. The van der Waals surface area contributed by atoms with E-state index in [1.165, 1.54) is 0 Å². The lowest BCUT2D eigenvalue weighted by atomic mass is 10.2. The van der Waals surface area contributed by atoms with Crippen molar-refractivity contribution in [3.05, 3.63) is 90.5 Å². The number of benzene rings is 3. The Bertz CT molecular complexity index is 1070. The van der Waals surface area contributed by atoms with Gasteiger partial charge >= 0.3 is 0 Å². The van der Waals surface area contributed by atoms with E-state index in [1.54, 1.807) is 24.4 Å². The Morgan fingerprint density at radius 3 is 1.80 bits per heavy atom. The van der Waals surface area contributed by atoms with Crippen LogP contribution in [0.25, 0.3) is 0 Å². The summed E-state index contributed by atoms with van der Waals surface area (Å²) in [5.41, 5.74) is 5.25. The van der Waals surface area contributed by atoms with Crippen molar-refractivity contribution in [2.45, 2.75) is 0 Å². The number of aromatic hydroxyl groups is 1. The standard InChI is InChI=1S/C22H19N7O/c30-19-13-7-8-16(14-19)15-23-29-22-27-20(24-17-9-3-1-4-10-17)26-21(28-22)25-18-11-5-2-6-12-18/h1-15,30H,(H3,24,25,26,27,28,29). The number of nitrogens with one attached hydrogen (secondary N) is 3. The third-order valence-corrected chi connectivity index (χ3v) is 3.94. The van der Waals surface area contributed by atoms with Crippen molar-refractivity contribution in [1.29, 1.82) is 0 Å². The molecule has 0 amide bonds. The second-order valence-corrected chi connectivity index (χ2v) is 6.25. The molecule has 1 aromatic heterocycles. The SMILES string of the molecule is Oc1cccc(C=NNc2nc(Nc3ccccc3)nc(Nc3ccccc3)n2)c1. The maximum absolute atomic E-state index is 9.55. The summed E-state index contributed by atoms with van der Waals surface area (Å²) in [5, 5.41) is 20.0. The largest absolute Gasteiger partial charge is 0.508 e. The van der Waals surface area contributed by atoms with E-state index in [0.717, 1.165) is 16.9 Å². The van der Waals surface area contributed by atoms with E-state index >= 15 is 0 Å². The Balaban J connectivity index is 1.57. The second-order valence-electron chi connectivity index (χ2n) is 6.25. The topological polar surface area (TPSA) is 107 Å². The van der Waals surface area contributed by atoms with Crippen molar-refractivity contribution >= 4 is 35.4 Å². The molecule has 0 aliphatic rings. The van der Waals surface area contributed by atoms with Crippen molar-refractivity contribution in [3.63, 3.8) is 0 Å². The third kappa shape index (κ3) is 5.29. The first-order valence-corrected chi connectivity index (χ1v) is 9.23. The minimum absolute atomic E-state index is 0.169. The van der Waals surface area contributed by atoms with E-state index in [9.17, 15) is 5.11 Å². The fourth-order valence-corrected chi connectivity index (χ4v) is 2.61. The van der Waals surface area contributed by atoms with Crippen molar-refractivity contribution < 1.29 is 5.11 Å². The van der Waals surface area contributed by atoms with Gasteiger partial charge < -0.3 is 15.7 Å². The average Bonchev–Trinajstić information content (AvgIpc) is 2.75. The lowest BCUT2D eigenvalue weighted by Gasteiger charge is -2.10. The van der Waals surface area contributed by atoms with Crippen molar-refractivity contribution in [1.82, 2.24) is 15.0 Å². The molecule has 4 N–H and O–H groups in total. The van der Waals surface area contributed by atoms with Crippen LogP contribution < -0.4 is 16.1 Å². The van der Waals surface area contributed by atoms with Gasteiger partial charge in [-0.1, -0.05) is 48.5 Å². The molecule has 8 nitrogen and oxygen atoms in total. The van der Waals surface area contributed by atoms with Crippen LogP contribution in [-0.4, -0.2) is 26.3 Å². The molecule has 0 aliphatic heterocycles. The molecule has 1 heterocycles. The highest BCUT2D eigenvalue weighted by Gasteiger charge is 2.07.